The van der Waals surface area contributed by atoms with Crippen LogP contribution in [0.5, 0.6) is 0 Å². The standard InChI is InChI=1S/C13H13N3O5/c1-16(10-5-3-2-4-9(10)6-14)13(20)15-11(17)7-21-8-12(18)19/h2-5H,7-8H2,1H3,(H,18,19)(H,15,17,20). The molecule has 8 nitrogen and oxygen atoms in total. The van der Waals surface area contributed by atoms with Gasteiger partial charge in [0.1, 0.15) is 19.3 Å². The smallest absolute Gasteiger partial charge is 0.329 e. The maximum absolute atomic E-state index is 11.8. The Morgan fingerprint density at radius 3 is 2.62 bits per heavy atom. The second-order valence-corrected chi connectivity index (χ2v) is 3.93. The number of carbonyl (C=O) groups is 3. The number of nitrogens with one attached hydrogen (secondary N) is 1. The molecule has 0 aliphatic carbocycles. The van der Waals surface area contributed by atoms with E-state index in [2.05, 4.69) is 4.74 Å². The van der Waals surface area contributed by atoms with Crippen LogP contribution in [0, 0.1) is 11.3 Å². The van der Waals surface area contributed by atoms with Crippen LogP contribution >= 0.6 is 0 Å². The number of imide groups is 1. The summed E-state index contributed by atoms with van der Waals surface area (Å²) in [5.74, 6) is -1.99. The summed E-state index contributed by atoms with van der Waals surface area (Å²) in [6.07, 6.45) is 0. The van der Waals surface area contributed by atoms with Gasteiger partial charge in [-0.1, -0.05) is 12.1 Å². The Balaban J connectivity index is 2.61. The van der Waals surface area contributed by atoms with Crippen LogP contribution in [0.1, 0.15) is 5.56 Å². The van der Waals surface area contributed by atoms with Crippen molar-refractivity contribution in [2.45, 2.75) is 0 Å². The molecule has 0 spiro atoms. The molecule has 0 bridgehead atoms. The van der Waals surface area contributed by atoms with Crippen LogP contribution in [-0.2, 0) is 14.3 Å². The second-order valence-electron chi connectivity index (χ2n) is 3.93. The van der Waals surface area contributed by atoms with Crippen LogP contribution < -0.4 is 10.2 Å². The number of rotatable bonds is 5. The van der Waals surface area contributed by atoms with Crippen LogP contribution in [0.15, 0.2) is 24.3 Å². The third-order valence-corrected chi connectivity index (χ3v) is 2.40. The van der Waals surface area contributed by atoms with E-state index in [-0.39, 0.29) is 5.56 Å². The van der Waals surface area contributed by atoms with Crippen molar-refractivity contribution in [1.82, 2.24) is 5.32 Å². The Labute approximate surface area is 120 Å². The topological polar surface area (TPSA) is 120 Å². The Morgan fingerprint density at radius 2 is 2.00 bits per heavy atom. The fourth-order valence-corrected chi connectivity index (χ4v) is 1.44. The van der Waals surface area contributed by atoms with E-state index in [0.29, 0.717) is 5.69 Å². The zero-order valence-corrected chi connectivity index (χ0v) is 11.2. The molecule has 0 atom stereocenters. The van der Waals surface area contributed by atoms with Crippen LogP contribution in [0.4, 0.5) is 10.5 Å². The van der Waals surface area contributed by atoms with E-state index in [9.17, 15) is 14.4 Å². The first kappa shape index (κ1) is 16.1. The number of carbonyl (C=O) groups excluding carboxylic acids is 2. The molecule has 110 valence electrons. The van der Waals surface area contributed by atoms with Crippen LogP contribution in [-0.4, -0.2) is 43.3 Å². The summed E-state index contributed by atoms with van der Waals surface area (Å²) >= 11 is 0. The minimum absolute atomic E-state index is 0.282. The summed E-state index contributed by atoms with van der Waals surface area (Å²) in [6, 6.07) is 7.59. The molecule has 21 heavy (non-hydrogen) atoms. The minimum Gasteiger partial charge on any atom is -0.480 e. The van der Waals surface area contributed by atoms with Crippen molar-refractivity contribution in [2.24, 2.45) is 0 Å². The summed E-state index contributed by atoms with van der Waals surface area (Å²) in [4.78, 5) is 34.5. The van der Waals surface area contributed by atoms with Gasteiger partial charge >= 0.3 is 12.0 Å². The van der Waals surface area contributed by atoms with Gasteiger partial charge in [-0.05, 0) is 12.1 Å². The first-order chi connectivity index (χ1) is 9.95. The summed E-state index contributed by atoms with van der Waals surface area (Å²) in [6.45, 7) is -1.18. The van der Waals surface area contributed by atoms with Crippen LogP contribution in [0.2, 0.25) is 0 Å². The molecule has 1 aromatic carbocycles. The Morgan fingerprint density at radius 1 is 1.33 bits per heavy atom. The number of hydrogen-bond donors (Lipinski definition) is 2. The number of anilines is 1. The van der Waals surface area contributed by atoms with Crippen molar-refractivity contribution in [2.75, 3.05) is 25.2 Å². The van der Waals surface area contributed by atoms with Crippen molar-refractivity contribution < 1.29 is 24.2 Å². The monoisotopic (exact) mass is 291 g/mol. The number of benzene rings is 1. The molecule has 0 saturated carbocycles. The van der Waals surface area contributed by atoms with E-state index in [1.807, 2.05) is 11.4 Å². The molecule has 3 amide bonds. The molecular formula is C13H13N3O5. The van der Waals surface area contributed by atoms with E-state index in [1.54, 1.807) is 18.2 Å². The van der Waals surface area contributed by atoms with E-state index in [0.717, 1.165) is 4.90 Å². The third-order valence-electron chi connectivity index (χ3n) is 2.40. The van der Waals surface area contributed by atoms with Gasteiger partial charge in [0, 0.05) is 7.05 Å². The first-order valence-electron chi connectivity index (χ1n) is 5.82. The molecule has 1 rings (SSSR count). The lowest BCUT2D eigenvalue weighted by molar-refractivity contribution is -0.143. The molecule has 0 unspecified atom stereocenters. The summed E-state index contributed by atoms with van der Waals surface area (Å²) in [7, 11) is 1.40. The van der Waals surface area contributed by atoms with Gasteiger partial charge < -0.3 is 9.84 Å². The number of nitriles is 1. The number of carboxylic acid groups (broad SMARTS) is 1. The molecule has 0 heterocycles. The maximum Gasteiger partial charge on any atom is 0.329 e. The molecule has 0 aromatic heterocycles. The predicted molar refractivity (Wildman–Crippen MR) is 71.6 cm³/mol. The van der Waals surface area contributed by atoms with Crippen molar-refractivity contribution in [1.29, 1.82) is 5.26 Å². The van der Waals surface area contributed by atoms with E-state index in [4.69, 9.17) is 10.4 Å². The van der Waals surface area contributed by atoms with Gasteiger partial charge in [0.25, 0.3) is 5.91 Å². The highest BCUT2D eigenvalue weighted by atomic mass is 16.5. The van der Waals surface area contributed by atoms with Gasteiger partial charge in [-0.25, -0.2) is 9.59 Å². The number of aliphatic carboxylic acids is 1. The van der Waals surface area contributed by atoms with E-state index < -0.39 is 31.1 Å². The second kappa shape index (κ2) is 7.62. The molecule has 2 N–H and O–H groups in total. The van der Waals surface area contributed by atoms with Gasteiger partial charge in [-0.3, -0.25) is 15.0 Å². The Kier molecular flexibility index (Phi) is 5.85. The summed E-state index contributed by atoms with van der Waals surface area (Å²) < 4.78 is 4.55. The third kappa shape index (κ3) is 4.93. The highest BCUT2D eigenvalue weighted by Crippen LogP contribution is 2.17. The predicted octanol–water partition coefficient (Wildman–Crippen LogP) is 0.332. The van der Waals surface area contributed by atoms with Crippen molar-refractivity contribution >= 4 is 23.6 Å². The number of hydrogen-bond acceptors (Lipinski definition) is 5. The molecular weight excluding hydrogens is 278 g/mol. The molecule has 8 heteroatoms. The number of amides is 3. The zero-order chi connectivity index (χ0) is 15.8. The lowest BCUT2D eigenvalue weighted by Gasteiger charge is -2.18. The quantitative estimate of drug-likeness (QED) is 0.806. The van der Waals surface area contributed by atoms with Gasteiger partial charge in [0.2, 0.25) is 0 Å². The van der Waals surface area contributed by atoms with Gasteiger partial charge in [-0.15, -0.1) is 0 Å². The number of nitrogens with zero attached hydrogens (tertiary/aromatic N) is 2. The SMILES string of the molecule is CN(C(=O)NC(=O)COCC(=O)O)c1ccccc1C#N. The highest BCUT2D eigenvalue weighted by molar-refractivity contribution is 6.03. The normalized spacial score (nSPS) is 9.52. The van der Waals surface area contributed by atoms with Crippen molar-refractivity contribution in [3.63, 3.8) is 0 Å². The highest BCUT2D eigenvalue weighted by Gasteiger charge is 2.16. The molecule has 0 aliphatic heterocycles. The molecule has 0 saturated heterocycles. The van der Waals surface area contributed by atoms with Crippen LogP contribution in [0.3, 0.4) is 0 Å². The lowest BCUT2D eigenvalue weighted by atomic mass is 10.2. The molecule has 0 fully saturated rings. The average molecular weight is 291 g/mol. The van der Waals surface area contributed by atoms with Gasteiger partial charge in [-0.2, -0.15) is 5.26 Å². The number of carboxylic acids is 1. The van der Waals surface area contributed by atoms with E-state index >= 15 is 0 Å². The molecule has 0 aliphatic rings. The maximum atomic E-state index is 11.8. The Bertz CT molecular complexity index is 594. The Hall–Kier alpha value is -2.92. The van der Waals surface area contributed by atoms with E-state index in [1.165, 1.54) is 13.1 Å². The number of ether oxygens (including phenoxy) is 1. The summed E-state index contributed by atoms with van der Waals surface area (Å²) in [5, 5.41) is 19.3. The first-order valence-corrected chi connectivity index (χ1v) is 5.82. The van der Waals surface area contributed by atoms with Crippen molar-refractivity contribution in [3.05, 3.63) is 29.8 Å². The fourth-order valence-electron chi connectivity index (χ4n) is 1.44. The average Bonchev–Trinajstić information content (AvgIpc) is 2.45. The van der Waals surface area contributed by atoms with Crippen molar-refractivity contribution in [3.8, 4) is 6.07 Å². The zero-order valence-electron chi connectivity index (χ0n) is 11.2. The van der Waals surface area contributed by atoms with Gasteiger partial charge in [0.05, 0.1) is 11.3 Å². The number of para-hydroxylation sites is 1. The summed E-state index contributed by atoms with van der Waals surface area (Å²) in [5.41, 5.74) is 0.626. The number of urea groups is 1. The van der Waals surface area contributed by atoms with Crippen LogP contribution in [0.25, 0.3) is 0 Å². The van der Waals surface area contributed by atoms with Gasteiger partial charge in [0.15, 0.2) is 0 Å². The minimum atomic E-state index is -1.21. The molecule has 0 radical (unpaired) electrons. The molecule has 1 aromatic rings. The lowest BCUT2D eigenvalue weighted by Crippen LogP contribution is -2.42. The fraction of sp³-hybridized carbons (Fsp3) is 0.231. The largest absolute Gasteiger partial charge is 0.480 e.